The van der Waals surface area contributed by atoms with Crippen LogP contribution in [0.15, 0.2) is 24.3 Å². The molecule has 4 nitrogen and oxygen atoms in total. The molecule has 0 radical (unpaired) electrons. The molecule has 0 aliphatic carbocycles. The van der Waals surface area contributed by atoms with E-state index in [-0.39, 0.29) is 5.75 Å². The normalized spacial score (nSPS) is 16.3. The Morgan fingerprint density at radius 1 is 1.26 bits per heavy atom. The van der Waals surface area contributed by atoms with Crippen LogP contribution in [0.1, 0.15) is 24.5 Å². The van der Waals surface area contributed by atoms with E-state index in [0.29, 0.717) is 13.0 Å². The van der Waals surface area contributed by atoms with Crippen molar-refractivity contribution < 1.29 is 8.42 Å². The van der Waals surface area contributed by atoms with E-state index in [4.69, 9.17) is 0 Å². The second-order valence-electron chi connectivity index (χ2n) is 5.01. The Morgan fingerprint density at radius 3 is 2.74 bits per heavy atom. The molecule has 0 unspecified atom stereocenters. The molecule has 1 N–H and O–H groups in total. The van der Waals surface area contributed by atoms with E-state index in [1.807, 2.05) is 6.92 Å². The van der Waals surface area contributed by atoms with E-state index in [9.17, 15) is 8.42 Å². The molecule has 1 aliphatic heterocycles. The summed E-state index contributed by atoms with van der Waals surface area (Å²) in [6.07, 6.45) is 1.71. The first kappa shape index (κ1) is 14.5. The van der Waals surface area contributed by atoms with E-state index in [0.717, 1.165) is 26.1 Å². The van der Waals surface area contributed by atoms with Gasteiger partial charge in [0.1, 0.15) is 0 Å². The van der Waals surface area contributed by atoms with Crippen LogP contribution in [-0.2, 0) is 23.0 Å². The minimum atomic E-state index is -3.07. The minimum absolute atomic E-state index is 0.218. The lowest BCUT2D eigenvalue weighted by atomic mass is 10.0. The Labute approximate surface area is 115 Å². The fourth-order valence-corrected chi connectivity index (χ4v) is 3.53. The van der Waals surface area contributed by atoms with Crippen molar-refractivity contribution >= 4 is 10.0 Å². The summed E-state index contributed by atoms with van der Waals surface area (Å²) in [6, 6.07) is 8.47. The van der Waals surface area contributed by atoms with Gasteiger partial charge in [0, 0.05) is 26.2 Å². The maximum absolute atomic E-state index is 11.5. The molecule has 0 saturated carbocycles. The van der Waals surface area contributed by atoms with E-state index in [1.165, 1.54) is 11.1 Å². The van der Waals surface area contributed by atoms with Gasteiger partial charge in [-0.15, -0.1) is 0 Å². The molecule has 19 heavy (non-hydrogen) atoms. The number of hydrogen-bond acceptors (Lipinski definition) is 3. The van der Waals surface area contributed by atoms with Crippen LogP contribution in [0, 0.1) is 0 Å². The van der Waals surface area contributed by atoms with Gasteiger partial charge in [0.2, 0.25) is 10.0 Å². The van der Waals surface area contributed by atoms with E-state index in [1.54, 1.807) is 0 Å². The average molecular weight is 282 g/mol. The van der Waals surface area contributed by atoms with Gasteiger partial charge < -0.3 is 0 Å². The van der Waals surface area contributed by atoms with Crippen LogP contribution in [0.4, 0.5) is 0 Å². The minimum Gasteiger partial charge on any atom is -0.297 e. The third kappa shape index (κ3) is 4.30. The molecule has 0 atom stereocenters. The predicted molar refractivity (Wildman–Crippen MR) is 77.5 cm³/mol. The Balaban J connectivity index is 1.80. The summed E-state index contributed by atoms with van der Waals surface area (Å²) < 4.78 is 25.7. The van der Waals surface area contributed by atoms with Crippen LogP contribution in [0.25, 0.3) is 0 Å². The maximum Gasteiger partial charge on any atom is 0.211 e. The molecule has 1 aliphatic rings. The predicted octanol–water partition coefficient (Wildman–Crippen LogP) is 1.37. The maximum atomic E-state index is 11.5. The van der Waals surface area contributed by atoms with Crippen molar-refractivity contribution in [1.82, 2.24) is 9.62 Å². The van der Waals surface area contributed by atoms with Crippen molar-refractivity contribution in [1.29, 1.82) is 0 Å². The van der Waals surface area contributed by atoms with E-state index < -0.39 is 10.0 Å². The van der Waals surface area contributed by atoms with Crippen molar-refractivity contribution in [2.45, 2.75) is 26.3 Å². The third-order valence-corrected chi connectivity index (χ3v) is 5.02. The molecule has 1 aromatic carbocycles. The number of nitrogens with one attached hydrogen (secondary N) is 1. The Bertz CT molecular complexity index is 514. The standard InChI is InChI=1S/C14H22N2O2S/c1-2-11-19(17,18)15-8-10-16-9-7-13-5-3-4-6-14(13)12-16/h3-6,15H,2,7-12H2,1H3. The summed E-state index contributed by atoms with van der Waals surface area (Å²) in [6.45, 7) is 5.08. The summed E-state index contributed by atoms with van der Waals surface area (Å²) in [5, 5.41) is 0. The van der Waals surface area contributed by atoms with E-state index >= 15 is 0 Å². The molecular weight excluding hydrogens is 260 g/mol. The molecule has 0 spiro atoms. The zero-order chi connectivity index (χ0) is 13.7. The highest BCUT2D eigenvalue weighted by molar-refractivity contribution is 7.89. The van der Waals surface area contributed by atoms with Gasteiger partial charge in [-0.1, -0.05) is 31.2 Å². The molecule has 2 rings (SSSR count). The SMILES string of the molecule is CCCS(=O)(=O)NCCN1CCc2ccccc2C1. The monoisotopic (exact) mass is 282 g/mol. The van der Waals surface area contributed by atoms with Gasteiger partial charge in [0.05, 0.1) is 5.75 Å². The van der Waals surface area contributed by atoms with Gasteiger partial charge in [-0.05, 0) is 24.0 Å². The first-order chi connectivity index (χ1) is 9.11. The topological polar surface area (TPSA) is 49.4 Å². The summed E-state index contributed by atoms with van der Waals surface area (Å²) in [5.41, 5.74) is 2.79. The lowest BCUT2D eigenvalue weighted by Crippen LogP contribution is -2.38. The molecule has 0 bridgehead atoms. The third-order valence-electron chi connectivity index (χ3n) is 3.43. The number of benzene rings is 1. The van der Waals surface area contributed by atoms with Gasteiger partial charge in [-0.2, -0.15) is 0 Å². The number of rotatable bonds is 6. The van der Waals surface area contributed by atoms with Crippen LogP contribution in [0.5, 0.6) is 0 Å². The molecular formula is C14H22N2O2S. The molecule has 1 aromatic rings. The fourth-order valence-electron chi connectivity index (χ4n) is 2.45. The zero-order valence-electron chi connectivity index (χ0n) is 11.4. The van der Waals surface area contributed by atoms with Crippen LogP contribution in [0.2, 0.25) is 0 Å². The number of nitrogens with zero attached hydrogens (tertiary/aromatic N) is 1. The van der Waals surface area contributed by atoms with Gasteiger partial charge in [-0.25, -0.2) is 13.1 Å². The van der Waals surface area contributed by atoms with Crippen LogP contribution in [-0.4, -0.2) is 38.7 Å². The van der Waals surface area contributed by atoms with Crippen LogP contribution in [0.3, 0.4) is 0 Å². The first-order valence-corrected chi connectivity index (χ1v) is 8.52. The smallest absolute Gasteiger partial charge is 0.211 e. The Morgan fingerprint density at radius 2 is 2.00 bits per heavy atom. The first-order valence-electron chi connectivity index (χ1n) is 6.87. The summed E-state index contributed by atoms with van der Waals surface area (Å²) >= 11 is 0. The number of fused-ring (bicyclic) bond motifs is 1. The zero-order valence-corrected chi connectivity index (χ0v) is 12.2. The van der Waals surface area contributed by atoms with Gasteiger partial charge in [0.15, 0.2) is 0 Å². The van der Waals surface area contributed by atoms with Crippen molar-refractivity contribution in [3.8, 4) is 0 Å². The van der Waals surface area contributed by atoms with Crippen LogP contribution < -0.4 is 4.72 Å². The van der Waals surface area contributed by atoms with Gasteiger partial charge in [-0.3, -0.25) is 4.90 Å². The lowest BCUT2D eigenvalue weighted by molar-refractivity contribution is 0.258. The Kier molecular flexibility index (Phi) is 4.96. The summed E-state index contributed by atoms with van der Waals surface area (Å²) in [7, 11) is -3.07. The highest BCUT2D eigenvalue weighted by Gasteiger charge is 2.16. The molecule has 0 amide bonds. The molecule has 0 fully saturated rings. The second kappa shape index (κ2) is 6.50. The number of sulfonamides is 1. The van der Waals surface area contributed by atoms with Crippen molar-refractivity contribution in [2.75, 3.05) is 25.4 Å². The Hall–Kier alpha value is -0.910. The number of hydrogen-bond donors (Lipinski definition) is 1. The largest absolute Gasteiger partial charge is 0.297 e. The van der Waals surface area contributed by atoms with Crippen molar-refractivity contribution in [2.24, 2.45) is 0 Å². The second-order valence-corrected chi connectivity index (χ2v) is 6.93. The van der Waals surface area contributed by atoms with Gasteiger partial charge in [0.25, 0.3) is 0 Å². The fraction of sp³-hybridized carbons (Fsp3) is 0.571. The molecule has 1 heterocycles. The molecule has 106 valence electrons. The van der Waals surface area contributed by atoms with Crippen molar-refractivity contribution in [3.63, 3.8) is 0 Å². The molecule has 0 aromatic heterocycles. The van der Waals surface area contributed by atoms with Gasteiger partial charge >= 0.3 is 0 Å². The highest BCUT2D eigenvalue weighted by Crippen LogP contribution is 2.17. The molecule has 0 saturated heterocycles. The van der Waals surface area contributed by atoms with Crippen molar-refractivity contribution in [3.05, 3.63) is 35.4 Å². The lowest BCUT2D eigenvalue weighted by Gasteiger charge is -2.28. The van der Waals surface area contributed by atoms with E-state index in [2.05, 4.69) is 33.9 Å². The average Bonchev–Trinajstić information content (AvgIpc) is 2.38. The summed E-state index contributed by atoms with van der Waals surface area (Å²) in [5.74, 6) is 0.218. The highest BCUT2D eigenvalue weighted by atomic mass is 32.2. The summed E-state index contributed by atoms with van der Waals surface area (Å²) in [4.78, 5) is 2.30. The molecule has 5 heteroatoms. The quantitative estimate of drug-likeness (QED) is 0.857. The van der Waals surface area contributed by atoms with Crippen LogP contribution >= 0.6 is 0 Å².